The lowest BCUT2D eigenvalue weighted by atomic mass is 10.0. The van der Waals surface area contributed by atoms with E-state index in [-0.39, 0.29) is 10.9 Å². The second-order valence-corrected chi connectivity index (χ2v) is 4.40. The molecule has 100 valence electrons. The van der Waals surface area contributed by atoms with Crippen molar-refractivity contribution in [1.29, 1.82) is 5.26 Å². The highest BCUT2D eigenvalue weighted by Gasteiger charge is 2.01. The summed E-state index contributed by atoms with van der Waals surface area (Å²) in [6.07, 6.45) is 1.68. The fourth-order valence-corrected chi connectivity index (χ4v) is 1.81. The predicted molar refractivity (Wildman–Crippen MR) is 78.7 cm³/mol. The molecule has 0 unspecified atom stereocenters. The average Bonchev–Trinajstić information content (AvgIpc) is 2.46. The number of aryl methyl sites for hydroxylation is 1. The van der Waals surface area contributed by atoms with Crippen LogP contribution < -0.4 is 5.23 Å². The van der Waals surface area contributed by atoms with Crippen molar-refractivity contribution in [2.45, 2.75) is 6.92 Å². The van der Waals surface area contributed by atoms with Crippen LogP contribution in [0.4, 0.5) is 5.69 Å². The van der Waals surface area contributed by atoms with Crippen LogP contribution in [0.3, 0.4) is 0 Å². The highest BCUT2D eigenvalue weighted by molar-refractivity contribution is 5.90. The molecule has 0 atom stereocenters. The Kier molecular flexibility index (Phi) is 4.16. The lowest BCUT2D eigenvalue weighted by molar-refractivity contribution is 0.296. The summed E-state index contributed by atoms with van der Waals surface area (Å²) >= 11 is 0. The largest absolute Gasteiger partial charge is 0.733 e. The van der Waals surface area contributed by atoms with Gasteiger partial charge in [-0.15, -0.1) is 0 Å². The van der Waals surface area contributed by atoms with Crippen LogP contribution in [0.15, 0.2) is 48.5 Å². The molecule has 0 amide bonds. The summed E-state index contributed by atoms with van der Waals surface area (Å²) in [5.41, 5.74) is 3.23. The quantitative estimate of drug-likeness (QED) is 0.521. The van der Waals surface area contributed by atoms with Gasteiger partial charge >= 0.3 is 0 Å². The highest BCUT2D eigenvalue weighted by atomic mass is 16.8. The average molecular weight is 265 g/mol. The van der Waals surface area contributed by atoms with Gasteiger partial charge in [-0.2, -0.15) is 5.26 Å². The molecule has 0 radical (unpaired) electrons. The molecule has 0 bridgehead atoms. The molecule has 0 aromatic heterocycles. The first-order chi connectivity index (χ1) is 9.60. The maximum Gasteiger partial charge on any atom is 0.0998 e. The fourth-order valence-electron chi connectivity index (χ4n) is 1.81. The van der Waals surface area contributed by atoms with Gasteiger partial charge in [-0.1, -0.05) is 42.0 Å². The molecular formula is C16H13N2O2-. The van der Waals surface area contributed by atoms with Crippen LogP contribution in [0, 0.1) is 23.5 Å². The molecule has 0 spiro atoms. The van der Waals surface area contributed by atoms with Crippen LogP contribution in [-0.2, 0) is 0 Å². The van der Waals surface area contributed by atoms with E-state index >= 15 is 0 Å². The Morgan fingerprint density at radius 1 is 1.25 bits per heavy atom. The van der Waals surface area contributed by atoms with E-state index < -0.39 is 0 Å². The zero-order valence-corrected chi connectivity index (χ0v) is 10.9. The van der Waals surface area contributed by atoms with Crippen molar-refractivity contribution in [1.82, 2.24) is 0 Å². The van der Waals surface area contributed by atoms with E-state index in [2.05, 4.69) is 6.07 Å². The lowest BCUT2D eigenvalue weighted by Gasteiger charge is -2.21. The zero-order chi connectivity index (χ0) is 14.5. The number of benzene rings is 2. The minimum atomic E-state index is -0.199. The molecular weight excluding hydrogens is 252 g/mol. The third-order valence-electron chi connectivity index (χ3n) is 2.89. The van der Waals surface area contributed by atoms with Crippen molar-refractivity contribution in [2.24, 2.45) is 0 Å². The maximum absolute atomic E-state index is 10.8. The summed E-state index contributed by atoms with van der Waals surface area (Å²) < 4.78 is 0. The van der Waals surface area contributed by atoms with Crippen LogP contribution >= 0.6 is 0 Å². The first-order valence-corrected chi connectivity index (χ1v) is 6.05. The molecule has 20 heavy (non-hydrogen) atoms. The number of hydrogen-bond donors (Lipinski definition) is 1. The van der Waals surface area contributed by atoms with E-state index in [4.69, 9.17) is 5.21 Å². The third-order valence-corrected chi connectivity index (χ3v) is 2.89. The van der Waals surface area contributed by atoms with Crippen molar-refractivity contribution in [3.05, 3.63) is 70.4 Å². The first kappa shape index (κ1) is 13.8. The second kappa shape index (κ2) is 6.02. The Morgan fingerprint density at radius 2 is 1.95 bits per heavy atom. The molecule has 1 N–H and O–H groups in total. The van der Waals surface area contributed by atoms with Crippen molar-refractivity contribution in [2.75, 3.05) is 5.23 Å². The summed E-state index contributed by atoms with van der Waals surface area (Å²) in [5, 5.41) is 28.8. The van der Waals surface area contributed by atoms with E-state index in [9.17, 15) is 10.5 Å². The fraction of sp³-hybridized carbons (Fsp3) is 0.0625. The highest BCUT2D eigenvalue weighted by Crippen LogP contribution is 2.21. The maximum atomic E-state index is 10.8. The van der Waals surface area contributed by atoms with Gasteiger partial charge in [0.25, 0.3) is 0 Å². The standard InChI is InChI=1S/C16H13N2O2/c1-12-5-7-14(8-6-12)15(11-17)9-13-3-2-4-16(10-13)18(19)20/h2-10,19H,1H3/q-1/b15-9+. The number of rotatable bonds is 3. The lowest BCUT2D eigenvalue weighted by Crippen LogP contribution is -2.06. The molecule has 4 heteroatoms. The molecule has 0 saturated carbocycles. The molecule has 0 heterocycles. The number of nitriles is 1. The van der Waals surface area contributed by atoms with E-state index in [1.807, 2.05) is 31.2 Å². The summed E-state index contributed by atoms with van der Waals surface area (Å²) in [7, 11) is 0. The second-order valence-electron chi connectivity index (χ2n) is 4.40. The van der Waals surface area contributed by atoms with Gasteiger partial charge in [-0.3, -0.25) is 5.21 Å². The SMILES string of the molecule is Cc1ccc(/C(C#N)=C/c2cccc(N([O-])O)c2)cc1. The van der Waals surface area contributed by atoms with Gasteiger partial charge in [0.05, 0.1) is 17.3 Å². The molecule has 0 saturated heterocycles. The molecule has 4 nitrogen and oxygen atoms in total. The van der Waals surface area contributed by atoms with Crippen molar-refractivity contribution in [3.63, 3.8) is 0 Å². The van der Waals surface area contributed by atoms with E-state index in [0.29, 0.717) is 11.1 Å². The zero-order valence-electron chi connectivity index (χ0n) is 10.9. The molecule has 0 fully saturated rings. The molecule has 2 rings (SSSR count). The summed E-state index contributed by atoms with van der Waals surface area (Å²) in [6, 6.07) is 16.2. The van der Waals surface area contributed by atoms with E-state index in [1.54, 1.807) is 18.2 Å². The predicted octanol–water partition coefficient (Wildman–Crippen LogP) is 3.75. The first-order valence-electron chi connectivity index (χ1n) is 6.05. The minimum Gasteiger partial charge on any atom is -0.733 e. The third kappa shape index (κ3) is 3.23. The molecule has 0 aliphatic carbocycles. The summed E-state index contributed by atoms with van der Waals surface area (Å²) in [6.45, 7) is 1.98. The smallest absolute Gasteiger partial charge is 0.0998 e. The minimum absolute atomic E-state index is 0.125. The number of nitrogens with zero attached hydrogens (tertiary/aromatic N) is 2. The Morgan fingerprint density at radius 3 is 2.55 bits per heavy atom. The molecule has 2 aromatic rings. The normalized spacial score (nSPS) is 11.0. The van der Waals surface area contributed by atoms with Crippen molar-refractivity contribution < 1.29 is 5.21 Å². The van der Waals surface area contributed by atoms with Crippen LogP contribution in [0.5, 0.6) is 0 Å². The van der Waals surface area contributed by atoms with E-state index in [0.717, 1.165) is 11.1 Å². The van der Waals surface area contributed by atoms with Crippen LogP contribution in [0.1, 0.15) is 16.7 Å². The molecule has 2 aromatic carbocycles. The van der Waals surface area contributed by atoms with Gasteiger partial charge in [0.2, 0.25) is 0 Å². The number of hydrogen-bond acceptors (Lipinski definition) is 4. The Balaban J connectivity index is 2.39. The van der Waals surface area contributed by atoms with Crippen LogP contribution in [-0.4, -0.2) is 5.21 Å². The van der Waals surface area contributed by atoms with Crippen LogP contribution in [0.2, 0.25) is 0 Å². The molecule has 0 aliphatic heterocycles. The summed E-state index contributed by atoms with van der Waals surface area (Å²) in [5.74, 6) is 0. The Labute approximate surface area is 117 Å². The van der Waals surface area contributed by atoms with Gasteiger partial charge in [-0.25, -0.2) is 0 Å². The van der Waals surface area contributed by atoms with Gasteiger partial charge in [-0.05, 0) is 36.3 Å². The Hall–Kier alpha value is -2.61. The summed E-state index contributed by atoms with van der Waals surface area (Å²) in [4.78, 5) is 0. The van der Waals surface area contributed by atoms with Crippen LogP contribution in [0.25, 0.3) is 11.6 Å². The number of anilines is 1. The van der Waals surface area contributed by atoms with Gasteiger partial charge < -0.3 is 10.4 Å². The molecule has 0 aliphatic rings. The van der Waals surface area contributed by atoms with Crippen molar-refractivity contribution >= 4 is 17.3 Å². The van der Waals surface area contributed by atoms with Crippen molar-refractivity contribution in [3.8, 4) is 6.07 Å². The van der Waals surface area contributed by atoms with E-state index in [1.165, 1.54) is 12.1 Å². The van der Waals surface area contributed by atoms with Gasteiger partial charge in [0.1, 0.15) is 0 Å². The monoisotopic (exact) mass is 265 g/mol. The van der Waals surface area contributed by atoms with Gasteiger partial charge in [0, 0.05) is 0 Å². The Bertz CT molecular complexity index is 668. The van der Waals surface area contributed by atoms with Gasteiger partial charge in [0.15, 0.2) is 0 Å². The topological polar surface area (TPSA) is 70.3 Å². The number of allylic oxidation sites excluding steroid dienone is 1.